The van der Waals surface area contributed by atoms with E-state index in [1.807, 2.05) is 6.92 Å². The molecule has 0 spiro atoms. The Balaban J connectivity index is 2.47. The van der Waals surface area contributed by atoms with Crippen LogP contribution in [0.4, 0.5) is 13.2 Å². The lowest BCUT2D eigenvalue weighted by Gasteiger charge is -2.06. The number of sulfonamides is 1. The molecule has 5 nitrogen and oxygen atoms in total. The van der Waals surface area contributed by atoms with Gasteiger partial charge in [0, 0.05) is 30.7 Å². The summed E-state index contributed by atoms with van der Waals surface area (Å²) >= 11 is -0.257. The van der Waals surface area contributed by atoms with Crippen molar-refractivity contribution in [3.8, 4) is 0 Å². The minimum absolute atomic E-state index is 0.0211. The van der Waals surface area contributed by atoms with Gasteiger partial charge in [-0.25, -0.2) is 13.1 Å². The normalized spacial score (nSPS) is 12.8. The van der Waals surface area contributed by atoms with Crippen LogP contribution in [0.25, 0.3) is 0 Å². The third-order valence-corrected chi connectivity index (χ3v) is 4.60. The second kappa shape index (κ2) is 8.06. The molecule has 10 heteroatoms. The maximum atomic E-state index is 11.9. The van der Waals surface area contributed by atoms with Crippen LogP contribution in [0, 0.1) is 0 Å². The molecule has 0 aliphatic carbocycles. The van der Waals surface area contributed by atoms with Crippen molar-refractivity contribution in [2.45, 2.75) is 30.3 Å². The quantitative estimate of drug-likeness (QED) is 0.599. The van der Waals surface area contributed by atoms with E-state index >= 15 is 0 Å². The number of alkyl halides is 3. The summed E-state index contributed by atoms with van der Waals surface area (Å²) in [6.07, 6.45) is 2.28. The van der Waals surface area contributed by atoms with Crippen molar-refractivity contribution in [1.82, 2.24) is 15.0 Å². The van der Waals surface area contributed by atoms with E-state index in [-0.39, 0.29) is 29.0 Å². The first kappa shape index (κ1) is 18.3. The molecule has 122 valence electrons. The highest BCUT2D eigenvalue weighted by molar-refractivity contribution is 8.00. The van der Waals surface area contributed by atoms with Gasteiger partial charge in [-0.2, -0.15) is 13.2 Å². The van der Waals surface area contributed by atoms with Crippen LogP contribution in [-0.2, 0) is 16.6 Å². The molecular formula is C11H18F3N3O2S2. The standard InChI is InChI=1S/C11H18F3N3O2S2/c1-2-3-15-7-9-6-10(8-16-9)21(18,19)17-4-5-20-11(12,13)14/h6,8,15-17H,2-5,7H2,1H3. The van der Waals surface area contributed by atoms with E-state index in [4.69, 9.17) is 0 Å². The highest BCUT2D eigenvalue weighted by atomic mass is 32.2. The van der Waals surface area contributed by atoms with Crippen molar-refractivity contribution in [2.24, 2.45) is 0 Å². The van der Waals surface area contributed by atoms with Gasteiger partial charge in [-0.3, -0.25) is 0 Å². The van der Waals surface area contributed by atoms with Gasteiger partial charge in [0.2, 0.25) is 10.0 Å². The summed E-state index contributed by atoms with van der Waals surface area (Å²) in [6.45, 7) is 3.06. The number of thioether (sulfide) groups is 1. The minimum Gasteiger partial charge on any atom is -0.363 e. The van der Waals surface area contributed by atoms with Crippen LogP contribution in [0.15, 0.2) is 17.2 Å². The van der Waals surface area contributed by atoms with Gasteiger partial charge < -0.3 is 10.3 Å². The average molecular weight is 345 g/mol. The highest BCUT2D eigenvalue weighted by Gasteiger charge is 2.27. The summed E-state index contributed by atoms with van der Waals surface area (Å²) in [7, 11) is -3.78. The van der Waals surface area contributed by atoms with E-state index in [0.29, 0.717) is 12.2 Å². The summed E-state index contributed by atoms with van der Waals surface area (Å²) in [5.41, 5.74) is -3.65. The number of rotatable bonds is 9. The number of halogens is 3. The topological polar surface area (TPSA) is 74.0 Å². The molecule has 0 radical (unpaired) electrons. The Labute approximate surface area is 126 Å². The lowest BCUT2D eigenvalue weighted by molar-refractivity contribution is -0.0327. The fourth-order valence-electron chi connectivity index (χ4n) is 1.50. The molecule has 1 aromatic rings. The van der Waals surface area contributed by atoms with Gasteiger partial charge in [0.15, 0.2) is 0 Å². The molecule has 0 bridgehead atoms. The monoisotopic (exact) mass is 345 g/mol. The fraction of sp³-hybridized carbons (Fsp3) is 0.636. The van der Waals surface area contributed by atoms with E-state index in [9.17, 15) is 21.6 Å². The number of aromatic nitrogens is 1. The van der Waals surface area contributed by atoms with Crippen LogP contribution in [0.2, 0.25) is 0 Å². The molecule has 0 aromatic carbocycles. The zero-order valence-electron chi connectivity index (χ0n) is 11.5. The van der Waals surface area contributed by atoms with Crippen LogP contribution in [0.5, 0.6) is 0 Å². The number of hydrogen-bond acceptors (Lipinski definition) is 4. The summed E-state index contributed by atoms with van der Waals surface area (Å²) in [4.78, 5) is 2.84. The van der Waals surface area contributed by atoms with E-state index in [1.54, 1.807) is 0 Å². The molecule has 0 saturated heterocycles. The van der Waals surface area contributed by atoms with Crippen LogP contribution in [0.1, 0.15) is 19.0 Å². The zero-order valence-corrected chi connectivity index (χ0v) is 13.1. The van der Waals surface area contributed by atoms with Crippen molar-refractivity contribution >= 4 is 21.8 Å². The minimum atomic E-state index is -4.35. The van der Waals surface area contributed by atoms with Gasteiger partial charge in [-0.05, 0) is 30.8 Å². The molecule has 1 rings (SSSR count). The van der Waals surface area contributed by atoms with E-state index in [1.165, 1.54) is 12.3 Å². The average Bonchev–Trinajstić information content (AvgIpc) is 2.84. The van der Waals surface area contributed by atoms with Gasteiger partial charge in [0.1, 0.15) is 0 Å². The third kappa shape index (κ3) is 7.21. The number of hydrogen-bond donors (Lipinski definition) is 3. The van der Waals surface area contributed by atoms with E-state index in [0.717, 1.165) is 13.0 Å². The number of nitrogens with one attached hydrogen (secondary N) is 3. The maximum absolute atomic E-state index is 11.9. The van der Waals surface area contributed by atoms with E-state index < -0.39 is 15.5 Å². The lowest BCUT2D eigenvalue weighted by Crippen LogP contribution is -2.26. The molecule has 0 atom stereocenters. The molecular weight excluding hydrogens is 327 g/mol. The Hall–Kier alpha value is -0.710. The summed E-state index contributed by atoms with van der Waals surface area (Å²) in [5.74, 6) is -0.363. The van der Waals surface area contributed by atoms with Crippen molar-refractivity contribution in [3.63, 3.8) is 0 Å². The molecule has 21 heavy (non-hydrogen) atoms. The molecule has 0 fully saturated rings. The maximum Gasteiger partial charge on any atom is 0.441 e. The molecule has 0 amide bonds. The molecule has 3 N–H and O–H groups in total. The molecule has 0 saturated carbocycles. The summed E-state index contributed by atoms with van der Waals surface area (Å²) in [5, 5.41) is 3.11. The van der Waals surface area contributed by atoms with Crippen molar-refractivity contribution in [3.05, 3.63) is 18.0 Å². The predicted octanol–water partition coefficient (Wildman–Crippen LogP) is 2.05. The Kier molecular flexibility index (Phi) is 7.04. The van der Waals surface area contributed by atoms with E-state index in [2.05, 4.69) is 15.0 Å². The zero-order chi connectivity index (χ0) is 15.9. The van der Waals surface area contributed by atoms with Gasteiger partial charge in [0.05, 0.1) is 4.90 Å². The second-order valence-corrected chi connectivity index (χ2v) is 7.16. The first-order valence-corrected chi connectivity index (χ1v) is 8.80. The lowest BCUT2D eigenvalue weighted by atomic mass is 10.4. The summed E-state index contributed by atoms with van der Waals surface area (Å²) < 4.78 is 61.6. The smallest absolute Gasteiger partial charge is 0.363 e. The predicted molar refractivity (Wildman–Crippen MR) is 76.5 cm³/mol. The fourth-order valence-corrected chi connectivity index (χ4v) is 3.12. The molecule has 0 unspecified atom stereocenters. The van der Waals surface area contributed by atoms with Crippen LogP contribution < -0.4 is 10.0 Å². The van der Waals surface area contributed by atoms with Crippen LogP contribution >= 0.6 is 11.8 Å². The van der Waals surface area contributed by atoms with Crippen LogP contribution in [0.3, 0.4) is 0 Å². The summed E-state index contributed by atoms with van der Waals surface area (Å²) in [6, 6.07) is 1.46. The Morgan fingerprint density at radius 3 is 2.67 bits per heavy atom. The Morgan fingerprint density at radius 2 is 2.05 bits per heavy atom. The van der Waals surface area contributed by atoms with Crippen molar-refractivity contribution < 1.29 is 21.6 Å². The molecule has 0 aliphatic rings. The molecule has 1 heterocycles. The van der Waals surface area contributed by atoms with Crippen molar-refractivity contribution in [2.75, 3.05) is 18.8 Å². The first-order chi connectivity index (χ1) is 9.74. The molecule has 0 aliphatic heterocycles. The third-order valence-electron chi connectivity index (χ3n) is 2.43. The number of H-pyrrole nitrogens is 1. The van der Waals surface area contributed by atoms with Gasteiger partial charge >= 0.3 is 5.51 Å². The SMILES string of the molecule is CCCNCc1cc(S(=O)(=O)NCCSC(F)(F)F)c[nH]1. The Bertz CT molecular complexity index is 529. The van der Waals surface area contributed by atoms with Gasteiger partial charge in [-0.1, -0.05) is 6.92 Å². The molecule has 1 aromatic heterocycles. The first-order valence-electron chi connectivity index (χ1n) is 6.33. The largest absolute Gasteiger partial charge is 0.441 e. The van der Waals surface area contributed by atoms with Crippen molar-refractivity contribution in [1.29, 1.82) is 0 Å². The van der Waals surface area contributed by atoms with Gasteiger partial charge in [0.25, 0.3) is 0 Å². The Morgan fingerprint density at radius 1 is 1.33 bits per heavy atom. The second-order valence-electron chi connectivity index (χ2n) is 4.23. The number of aromatic amines is 1. The van der Waals surface area contributed by atoms with Gasteiger partial charge in [-0.15, -0.1) is 0 Å². The highest BCUT2D eigenvalue weighted by Crippen LogP contribution is 2.29. The van der Waals surface area contributed by atoms with Crippen LogP contribution in [-0.4, -0.2) is 37.8 Å².